The molecule has 0 heterocycles. The first-order valence-electron chi connectivity index (χ1n) is 9.95. The predicted octanol–water partition coefficient (Wildman–Crippen LogP) is 4.54. The van der Waals surface area contributed by atoms with Gasteiger partial charge in [0.15, 0.2) is 5.78 Å². The van der Waals surface area contributed by atoms with E-state index in [1.54, 1.807) is 0 Å². The minimum atomic E-state index is 0.110. The number of rotatable bonds is 2. The molecular weight excluding hydrogens is 296 g/mol. The molecule has 3 fully saturated rings. The van der Waals surface area contributed by atoms with Crippen molar-refractivity contribution in [1.29, 1.82) is 0 Å². The van der Waals surface area contributed by atoms with Gasteiger partial charge in [-0.15, -0.1) is 0 Å². The Morgan fingerprint density at radius 1 is 1.21 bits per heavy atom. The van der Waals surface area contributed by atoms with Gasteiger partial charge >= 0.3 is 0 Å². The monoisotopic (exact) mass is 328 g/mol. The topological polar surface area (TPSA) is 37.3 Å². The summed E-state index contributed by atoms with van der Waals surface area (Å²) in [6.07, 6.45) is 13.5. The third kappa shape index (κ3) is 2.14. The molecular formula is C22H32O2. The fourth-order valence-electron chi connectivity index (χ4n) is 7.30. The van der Waals surface area contributed by atoms with Gasteiger partial charge in [0.2, 0.25) is 0 Å². The van der Waals surface area contributed by atoms with Crippen LogP contribution < -0.4 is 0 Å². The predicted molar refractivity (Wildman–Crippen MR) is 96.4 cm³/mol. The Morgan fingerprint density at radius 3 is 2.75 bits per heavy atom. The van der Waals surface area contributed by atoms with Crippen LogP contribution in [0.25, 0.3) is 0 Å². The van der Waals surface area contributed by atoms with Crippen LogP contribution >= 0.6 is 0 Å². The van der Waals surface area contributed by atoms with Crippen molar-refractivity contribution in [2.75, 3.05) is 6.61 Å². The van der Waals surface area contributed by atoms with Gasteiger partial charge < -0.3 is 5.11 Å². The zero-order valence-electron chi connectivity index (χ0n) is 15.4. The number of carbonyl (C=O) groups is 1. The van der Waals surface area contributed by atoms with E-state index in [0.717, 1.165) is 18.3 Å². The molecule has 4 rings (SSSR count). The van der Waals surface area contributed by atoms with Crippen LogP contribution in [0.15, 0.2) is 23.8 Å². The molecule has 0 aromatic heterocycles. The van der Waals surface area contributed by atoms with E-state index < -0.39 is 0 Å². The van der Waals surface area contributed by atoms with Gasteiger partial charge in [0.1, 0.15) is 0 Å². The van der Waals surface area contributed by atoms with Crippen molar-refractivity contribution in [3.8, 4) is 0 Å². The second-order valence-corrected chi connectivity index (χ2v) is 9.49. The summed E-state index contributed by atoms with van der Waals surface area (Å²) >= 11 is 0. The molecule has 4 unspecified atom stereocenters. The van der Waals surface area contributed by atoms with E-state index in [2.05, 4.69) is 26.8 Å². The van der Waals surface area contributed by atoms with E-state index in [-0.39, 0.29) is 11.2 Å². The molecule has 0 amide bonds. The van der Waals surface area contributed by atoms with Crippen molar-refractivity contribution >= 4 is 5.78 Å². The maximum absolute atomic E-state index is 11.8. The molecule has 4 aliphatic rings. The quantitative estimate of drug-likeness (QED) is 0.808. The lowest BCUT2D eigenvalue weighted by molar-refractivity contribution is -0.111. The summed E-state index contributed by atoms with van der Waals surface area (Å²) in [5, 5.41) is 9.70. The fraction of sp³-hybridized carbons (Fsp3) is 0.773. The highest BCUT2D eigenvalue weighted by atomic mass is 16.3. The molecule has 0 aromatic carbocycles. The Morgan fingerprint density at radius 2 is 2.00 bits per heavy atom. The first kappa shape index (κ1) is 16.6. The number of allylic oxidation sites excluding steroid dienone is 4. The Labute approximate surface area is 146 Å². The molecule has 0 aromatic rings. The number of hydrogen-bond donors (Lipinski definition) is 1. The molecule has 0 saturated heterocycles. The molecule has 0 radical (unpaired) electrons. The van der Waals surface area contributed by atoms with Crippen LogP contribution in [0.5, 0.6) is 0 Å². The summed E-state index contributed by atoms with van der Waals surface area (Å²) in [5.41, 5.74) is 1.91. The van der Waals surface area contributed by atoms with E-state index in [4.69, 9.17) is 0 Å². The van der Waals surface area contributed by atoms with Gasteiger partial charge in [-0.1, -0.05) is 32.4 Å². The minimum absolute atomic E-state index is 0.110. The average molecular weight is 328 g/mol. The molecule has 3 saturated carbocycles. The Bertz CT molecular complexity index is 603. The number of carbonyl (C=O) groups excluding carboxylic acids is 1. The highest BCUT2D eigenvalue weighted by Gasteiger charge is 2.58. The van der Waals surface area contributed by atoms with E-state index >= 15 is 0 Å². The Kier molecular flexibility index (Phi) is 3.84. The van der Waals surface area contributed by atoms with Gasteiger partial charge in [-0.2, -0.15) is 0 Å². The molecule has 0 aliphatic heterocycles. The normalized spacial score (nSPS) is 48.3. The molecule has 4 aliphatic carbocycles. The third-order valence-electron chi connectivity index (χ3n) is 8.60. The van der Waals surface area contributed by atoms with Crippen LogP contribution in [0.4, 0.5) is 0 Å². The SMILES string of the molecule is CC(CO)[C@H]1CCC2C3CCC4=CC(=O)C=C[C@]4(C)C3CC[C@@]21C. The largest absolute Gasteiger partial charge is 0.396 e. The maximum Gasteiger partial charge on any atom is 0.178 e. The lowest BCUT2D eigenvalue weighted by atomic mass is 9.47. The first-order valence-corrected chi connectivity index (χ1v) is 9.95. The van der Waals surface area contributed by atoms with Crippen LogP contribution in [0, 0.1) is 40.4 Å². The second kappa shape index (κ2) is 5.56. The van der Waals surface area contributed by atoms with E-state index in [1.807, 2.05) is 12.2 Å². The van der Waals surface area contributed by atoms with Gasteiger partial charge in [-0.3, -0.25) is 4.79 Å². The smallest absolute Gasteiger partial charge is 0.178 e. The Hall–Kier alpha value is -0.890. The zero-order chi connectivity index (χ0) is 17.1. The number of ketones is 1. The molecule has 2 heteroatoms. The van der Waals surface area contributed by atoms with Gasteiger partial charge in [0.05, 0.1) is 0 Å². The molecule has 132 valence electrons. The number of aliphatic hydroxyl groups is 1. The molecule has 24 heavy (non-hydrogen) atoms. The molecule has 0 bridgehead atoms. The van der Waals surface area contributed by atoms with Crippen molar-refractivity contribution in [1.82, 2.24) is 0 Å². The average Bonchev–Trinajstić information content (AvgIpc) is 2.92. The summed E-state index contributed by atoms with van der Waals surface area (Å²) < 4.78 is 0. The van der Waals surface area contributed by atoms with Crippen molar-refractivity contribution in [2.45, 2.75) is 59.3 Å². The lowest BCUT2D eigenvalue weighted by Crippen LogP contribution is -2.50. The van der Waals surface area contributed by atoms with Gasteiger partial charge in [0, 0.05) is 12.0 Å². The van der Waals surface area contributed by atoms with E-state index in [1.165, 1.54) is 37.7 Å². The van der Waals surface area contributed by atoms with Crippen molar-refractivity contribution in [3.05, 3.63) is 23.8 Å². The first-order chi connectivity index (χ1) is 11.4. The molecule has 1 N–H and O–H groups in total. The van der Waals surface area contributed by atoms with Crippen molar-refractivity contribution in [3.63, 3.8) is 0 Å². The minimum Gasteiger partial charge on any atom is -0.396 e. The lowest BCUT2D eigenvalue weighted by Gasteiger charge is -2.57. The summed E-state index contributed by atoms with van der Waals surface area (Å²) in [7, 11) is 0. The van der Waals surface area contributed by atoms with Gasteiger partial charge in [0.25, 0.3) is 0 Å². The number of aliphatic hydroxyl groups excluding tert-OH is 1. The van der Waals surface area contributed by atoms with E-state index in [9.17, 15) is 9.90 Å². The van der Waals surface area contributed by atoms with Gasteiger partial charge in [-0.25, -0.2) is 0 Å². The van der Waals surface area contributed by atoms with Crippen molar-refractivity contribution in [2.24, 2.45) is 40.4 Å². The van der Waals surface area contributed by atoms with Crippen LogP contribution in [0.3, 0.4) is 0 Å². The highest BCUT2D eigenvalue weighted by Crippen LogP contribution is 2.66. The molecule has 2 nitrogen and oxygen atoms in total. The zero-order valence-corrected chi connectivity index (χ0v) is 15.4. The summed E-state index contributed by atoms with van der Waals surface area (Å²) in [5.74, 6) is 3.58. The summed E-state index contributed by atoms with van der Waals surface area (Å²) in [6, 6.07) is 0. The van der Waals surface area contributed by atoms with Crippen molar-refractivity contribution < 1.29 is 9.90 Å². The maximum atomic E-state index is 11.8. The van der Waals surface area contributed by atoms with Gasteiger partial charge in [-0.05, 0) is 85.7 Å². The number of fused-ring (bicyclic) bond motifs is 5. The fourth-order valence-corrected chi connectivity index (χ4v) is 7.30. The molecule has 7 atom stereocenters. The number of hydrogen-bond acceptors (Lipinski definition) is 2. The molecule has 0 spiro atoms. The van der Waals surface area contributed by atoms with Crippen LogP contribution in [-0.2, 0) is 4.79 Å². The van der Waals surface area contributed by atoms with Crippen LogP contribution in [0.1, 0.15) is 59.3 Å². The van der Waals surface area contributed by atoms with E-state index in [0.29, 0.717) is 29.8 Å². The third-order valence-corrected chi connectivity index (χ3v) is 8.60. The van der Waals surface area contributed by atoms with Crippen LogP contribution in [-0.4, -0.2) is 17.5 Å². The highest BCUT2D eigenvalue weighted by molar-refractivity contribution is 6.01. The second-order valence-electron chi connectivity index (χ2n) is 9.49. The standard InChI is InChI=1S/C22H32O2/c1-14(13-23)18-6-7-19-17-5-4-15-12-16(24)8-10-21(15,2)20(17)9-11-22(18,19)3/h8,10,12,14,17-20,23H,4-7,9,11,13H2,1-3H3/t14?,17?,18-,19?,20?,21+,22-/m1/s1. The van der Waals surface area contributed by atoms with Crippen LogP contribution in [0.2, 0.25) is 0 Å². The summed E-state index contributed by atoms with van der Waals surface area (Å²) in [4.78, 5) is 11.8. The Balaban J connectivity index is 1.65. The summed E-state index contributed by atoms with van der Waals surface area (Å²) in [6.45, 7) is 7.47.